The fourth-order valence-corrected chi connectivity index (χ4v) is 4.72. The van der Waals surface area contributed by atoms with Crippen LogP contribution in [0.3, 0.4) is 0 Å². The molecule has 0 N–H and O–H groups in total. The molecule has 0 amide bonds. The number of benzene rings is 4. The SMILES string of the molecule is Fc1cc(C2CCCCO2)ccc1C#Cc1cc(F)c(C(F)(F)Oc2ccc3c(F)c(C#CC(F)(F)F)c(F)cc3c2)c(F)c1. The van der Waals surface area contributed by atoms with Crippen LogP contribution < -0.4 is 4.74 Å². The quantitative estimate of drug-likeness (QED) is 0.164. The summed E-state index contributed by atoms with van der Waals surface area (Å²) < 4.78 is 150. The zero-order valence-electron chi connectivity index (χ0n) is 22.7. The average Bonchev–Trinajstić information content (AvgIpc) is 2.95. The second-order valence-corrected chi connectivity index (χ2v) is 9.96. The van der Waals surface area contributed by atoms with Crippen LogP contribution in [0.15, 0.2) is 54.6 Å². The Bertz CT molecular complexity index is 1880. The molecule has 0 saturated carbocycles. The molecule has 4 aromatic carbocycles. The molecule has 1 aliphatic rings. The van der Waals surface area contributed by atoms with Gasteiger partial charge in [-0.25, -0.2) is 22.0 Å². The van der Waals surface area contributed by atoms with E-state index < -0.39 is 69.0 Å². The molecule has 1 heterocycles. The van der Waals surface area contributed by atoms with Gasteiger partial charge in [0.15, 0.2) is 0 Å². The molecule has 1 atom stereocenters. The molecular formula is C33H18F10O2. The number of hydrogen-bond donors (Lipinski definition) is 0. The van der Waals surface area contributed by atoms with Gasteiger partial charge in [-0.3, -0.25) is 0 Å². The summed E-state index contributed by atoms with van der Waals surface area (Å²) in [5, 5.41) is -0.888. The van der Waals surface area contributed by atoms with Gasteiger partial charge in [-0.2, -0.15) is 22.0 Å². The molecule has 0 radical (unpaired) electrons. The van der Waals surface area contributed by atoms with Gasteiger partial charge in [-0.1, -0.05) is 23.8 Å². The van der Waals surface area contributed by atoms with E-state index in [9.17, 15) is 43.9 Å². The Morgan fingerprint density at radius 3 is 2.11 bits per heavy atom. The predicted octanol–water partition coefficient (Wildman–Crippen LogP) is 9.22. The van der Waals surface area contributed by atoms with Gasteiger partial charge in [0.2, 0.25) is 0 Å². The third kappa shape index (κ3) is 7.18. The van der Waals surface area contributed by atoms with Gasteiger partial charge >= 0.3 is 12.3 Å². The van der Waals surface area contributed by atoms with Gasteiger partial charge in [0.1, 0.15) is 40.4 Å². The van der Waals surface area contributed by atoms with Crippen molar-refractivity contribution in [3.8, 4) is 29.4 Å². The van der Waals surface area contributed by atoms with Crippen molar-refractivity contribution < 1.29 is 53.4 Å². The Morgan fingerprint density at radius 2 is 1.47 bits per heavy atom. The molecule has 232 valence electrons. The maximum atomic E-state index is 15.0. The number of ether oxygens (including phenoxy) is 2. The van der Waals surface area contributed by atoms with Crippen molar-refractivity contribution in [2.75, 3.05) is 6.61 Å². The zero-order valence-corrected chi connectivity index (χ0v) is 22.7. The normalized spacial score (nSPS) is 15.2. The number of alkyl halides is 5. The van der Waals surface area contributed by atoms with Gasteiger partial charge in [0.05, 0.1) is 17.2 Å². The summed E-state index contributed by atoms with van der Waals surface area (Å²) in [6.45, 7) is 0.557. The summed E-state index contributed by atoms with van der Waals surface area (Å²) in [7, 11) is 0. The second-order valence-electron chi connectivity index (χ2n) is 9.96. The Kier molecular flexibility index (Phi) is 8.72. The number of hydrogen-bond acceptors (Lipinski definition) is 2. The molecule has 5 rings (SSSR count). The topological polar surface area (TPSA) is 18.5 Å². The van der Waals surface area contributed by atoms with Crippen LogP contribution in [-0.2, 0) is 10.8 Å². The summed E-state index contributed by atoms with van der Waals surface area (Å²) >= 11 is 0. The van der Waals surface area contributed by atoms with Crippen LogP contribution in [0.1, 0.15) is 53.2 Å². The van der Waals surface area contributed by atoms with Crippen LogP contribution in [0, 0.1) is 52.8 Å². The maximum Gasteiger partial charge on any atom is 0.458 e. The standard InChI is InChI=1S/C33H18F10O2/c34-25-16-20(29-3-1-2-12-44-29)7-6-19(25)5-4-18-13-27(36)30(28(37)14-18)33(42,43)45-22-8-9-23-21(15-22)17-26(35)24(31(23)38)10-11-32(39,40)41/h6-9,13-17,29H,1-3,12H2. The fourth-order valence-electron chi connectivity index (χ4n) is 4.72. The number of fused-ring (bicyclic) bond motifs is 1. The van der Waals surface area contributed by atoms with E-state index >= 15 is 0 Å². The van der Waals surface area contributed by atoms with E-state index in [-0.39, 0.29) is 17.2 Å². The van der Waals surface area contributed by atoms with Gasteiger partial charge in [0, 0.05) is 23.5 Å². The molecule has 0 bridgehead atoms. The highest BCUT2D eigenvalue weighted by Gasteiger charge is 2.41. The summed E-state index contributed by atoms with van der Waals surface area (Å²) in [5.41, 5.74) is -2.86. The smallest absolute Gasteiger partial charge is 0.429 e. The summed E-state index contributed by atoms with van der Waals surface area (Å²) in [5.74, 6) is -1.14. The summed E-state index contributed by atoms with van der Waals surface area (Å²) in [4.78, 5) is 0. The van der Waals surface area contributed by atoms with Crippen molar-refractivity contribution in [1.29, 1.82) is 0 Å². The fraction of sp³-hybridized carbons (Fsp3) is 0.212. The molecule has 0 spiro atoms. The Hall–Kier alpha value is -4.68. The molecule has 1 saturated heterocycles. The van der Waals surface area contributed by atoms with E-state index in [0.29, 0.717) is 36.4 Å². The van der Waals surface area contributed by atoms with Crippen molar-refractivity contribution in [3.63, 3.8) is 0 Å². The lowest BCUT2D eigenvalue weighted by atomic mass is 10.00. The van der Waals surface area contributed by atoms with Crippen molar-refractivity contribution in [2.24, 2.45) is 0 Å². The van der Waals surface area contributed by atoms with Gasteiger partial charge in [-0.05, 0) is 78.7 Å². The van der Waals surface area contributed by atoms with Crippen molar-refractivity contribution in [1.82, 2.24) is 0 Å². The minimum Gasteiger partial charge on any atom is -0.429 e. The lowest BCUT2D eigenvalue weighted by Crippen LogP contribution is -2.25. The van der Waals surface area contributed by atoms with Crippen LogP contribution >= 0.6 is 0 Å². The molecule has 2 nitrogen and oxygen atoms in total. The lowest BCUT2D eigenvalue weighted by molar-refractivity contribution is -0.189. The minimum absolute atomic E-state index is 0.100. The van der Waals surface area contributed by atoms with E-state index in [0.717, 1.165) is 37.3 Å². The molecule has 1 aliphatic heterocycles. The zero-order chi connectivity index (χ0) is 32.5. The first-order valence-electron chi connectivity index (χ1n) is 13.2. The Balaban J connectivity index is 1.38. The molecule has 1 unspecified atom stereocenters. The van der Waals surface area contributed by atoms with Gasteiger partial charge in [0.25, 0.3) is 0 Å². The molecule has 45 heavy (non-hydrogen) atoms. The molecule has 12 heteroatoms. The second kappa shape index (κ2) is 12.4. The first-order chi connectivity index (χ1) is 21.2. The van der Waals surface area contributed by atoms with E-state index in [1.807, 2.05) is 0 Å². The third-order valence-corrected chi connectivity index (χ3v) is 6.79. The molecular weight excluding hydrogens is 618 g/mol. The Labute approximate surface area is 249 Å². The van der Waals surface area contributed by atoms with E-state index in [1.54, 1.807) is 6.07 Å². The molecule has 1 fully saturated rings. The van der Waals surface area contributed by atoms with Crippen LogP contribution in [-0.4, -0.2) is 12.8 Å². The maximum absolute atomic E-state index is 15.0. The van der Waals surface area contributed by atoms with Crippen LogP contribution in [0.2, 0.25) is 0 Å². The number of halogens is 10. The van der Waals surface area contributed by atoms with Crippen molar-refractivity contribution in [2.45, 2.75) is 37.7 Å². The molecule has 4 aromatic rings. The third-order valence-electron chi connectivity index (χ3n) is 6.79. The van der Waals surface area contributed by atoms with Crippen molar-refractivity contribution >= 4 is 10.8 Å². The highest BCUT2D eigenvalue weighted by Crippen LogP contribution is 2.37. The minimum atomic E-state index is -5.03. The summed E-state index contributed by atoms with van der Waals surface area (Å²) in [6, 6.07) is 8.02. The molecule has 0 aliphatic carbocycles. The van der Waals surface area contributed by atoms with E-state index in [2.05, 4.69) is 16.6 Å². The summed E-state index contributed by atoms with van der Waals surface area (Å²) in [6.07, 6.45) is -7.36. The van der Waals surface area contributed by atoms with Gasteiger partial charge in [-0.15, -0.1) is 0 Å². The van der Waals surface area contributed by atoms with Crippen molar-refractivity contribution in [3.05, 3.63) is 112 Å². The van der Waals surface area contributed by atoms with Crippen LogP contribution in [0.4, 0.5) is 43.9 Å². The number of rotatable bonds is 4. The highest BCUT2D eigenvalue weighted by molar-refractivity contribution is 5.86. The first-order valence-corrected chi connectivity index (χ1v) is 13.2. The average molecular weight is 636 g/mol. The first kappa shape index (κ1) is 31.7. The lowest BCUT2D eigenvalue weighted by Gasteiger charge is -2.23. The van der Waals surface area contributed by atoms with Crippen LogP contribution in [0.25, 0.3) is 10.8 Å². The largest absolute Gasteiger partial charge is 0.458 e. The van der Waals surface area contributed by atoms with Crippen LogP contribution in [0.5, 0.6) is 5.75 Å². The highest BCUT2D eigenvalue weighted by atomic mass is 19.4. The van der Waals surface area contributed by atoms with Gasteiger partial charge < -0.3 is 9.47 Å². The molecule has 0 aromatic heterocycles. The van der Waals surface area contributed by atoms with E-state index in [4.69, 9.17) is 4.74 Å². The van der Waals surface area contributed by atoms with E-state index in [1.165, 1.54) is 18.1 Å². The predicted molar refractivity (Wildman–Crippen MR) is 143 cm³/mol. The Morgan fingerprint density at radius 1 is 0.733 bits per heavy atom. The monoisotopic (exact) mass is 636 g/mol.